The van der Waals surface area contributed by atoms with Crippen LogP contribution >= 0.6 is 11.6 Å². The molecule has 1 fully saturated rings. The summed E-state index contributed by atoms with van der Waals surface area (Å²) in [5.74, 6) is 0. The summed E-state index contributed by atoms with van der Waals surface area (Å²) >= 11 is 5.98. The Morgan fingerprint density at radius 1 is 1.38 bits per heavy atom. The molecule has 2 nitrogen and oxygen atoms in total. The molecule has 0 bridgehead atoms. The molecule has 0 radical (unpaired) electrons. The molecule has 1 N–H and O–H groups in total. The molecule has 0 saturated carbocycles. The predicted molar refractivity (Wildman–Crippen MR) is 70.5 cm³/mol. The highest BCUT2D eigenvalue weighted by atomic mass is 35.5. The van der Waals surface area contributed by atoms with E-state index < -0.39 is 0 Å². The fourth-order valence-electron chi connectivity index (χ4n) is 2.32. The summed E-state index contributed by atoms with van der Waals surface area (Å²) in [6.45, 7) is 9.74. The van der Waals surface area contributed by atoms with Gasteiger partial charge in [0.15, 0.2) is 0 Å². The first-order valence-corrected chi connectivity index (χ1v) is 6.12. The Balaban J connectivity index is 2.23. The largest absolute Gasteiger partial charge is 0.368 e. The first kappa shape index (κ1) is 11.7. The average Bonchev–Trinajstić information content (AvgIpc) is 2.15. The molecule has 1 aliphatic rings. The molecule has 88 valence electrons. The molecule has 0 unspecified atom stereocenters. The molecular formula is C13H19ClN2. The number of anilines is 1. The molecule has 1 aromatic rings. The summed E-state index contributed by atoms with van der Waals surface area (Å²) in [5.41, 5.74) is 2.74. The van der Waals surface area contributed by atoms with Crippen LogP contribution in [0.15, 0.2) is 18.2 Å². The Bertz CT molecular complexity index is 388. The Morgan fingerprint density at radius 2 is 2.12 bits per heavy atom. The van der Waals surface area contributed by atoms with E-state index in [1.54, 1.807) is 0 Å². The molecule has 0 spiro atoms. The Kier molecular flexibility index (Phi) is 3.13. The number of hydrogen-bond donors (Lipinski definition) is 1. The van der Waals surface area contributed by atoms with E-state index in [1.807, 2.05) is 12.1 Å². The Hall–Kier alpha value is -0.730. The second-order valence-corrected chi connectivity index (χ2v) is 5.60. The zero-order valence-corrected chi connectivity index (χ0v) is 10.9. The van der Waals surface area contributed by atoms with E-state index in [0.29, 0.717) is 0 Å². The van der Waals surface area contributed by atoms with Crippen LogP contribution in [0, 0.1) is 6.92 Å². The van der Waals surface area contributed by atoms with Crippen molar-refractivity contribution in [3.05, 3.63) is 28.8 Å². The van der Waals surface area contributed by atoms with Crippen molar-refractivity contribution in [3.8, 4) is 0 Å². The fraction of sp³-hybridized carbons (Fsp3) is 0.538. The third-order valence-electron chi connectivity index (χ3n) is 3.07. The lowest BCUT2D eigenvalue weighted by Crippen LogP contribution is -2.57. The highest BCUT2D eigenvalue weighted by Gasteiger charge is 2.26. The molecule has 0 aromatic heterocycles. The van der Waals surface area contributed by atoms with Gasteiger partial charge in [-0.2, -0.15) is 0 Å². The van der Waals surface area contributed by atoms with Crippen LogP contribution in [0.2, 0.25) is 5.02 Å². The summed E-state index contributed by atoms with van der Waals surface area (Å²) in [4.78, 5) is 2.43. The summed E-state index contributed by atoms with van der Waals surface area (Å²) < 4.78 is 0. The zero-order chi connectivity index (χ0) is 11.8. The van der Waals surface area contributed by atoms with Gasteiger partial charge in [-0.3, -0.25) is 0 Å². The van der Waals surface area contributed by atoms with Crippen molar-refractivity contribution < 1.29 is 0 Å². The van der Waals surface area contributed by atoms with Crippen LogP contribution in [-0.4, -0.2) is 25.2 Å². The van der Waals surface area contributed by atoms with Crippen LogP contribution in [0.3, 0.4) is 0 Å². The quantitative estimate of drug-likeness (QED) is 0.810. The summed E-state index contributed by atoms with van der Waals surface area (Å²) in [6, 6.07) is 6.13. The minimum atomic E-state index is 0.185. The van der Waals surface area contributed by atoms with Crippen molar-refractivity contribution in [3.63, 3.8) is 0 Å². The molecular weight excluding hydrogens is 220 g/mol. The van der Waals surface area contributed by atoms with Crippen molar-refractivity contribution in [2.75, 3.05) is 24.5 Å². The van der Waals surface area contributed by atoms with Crippen molar-refractivity contribution in [1.82, 2.24) is 5.32 Å². The Labute approximate surface area is 103 Å². The summed E-state index contributed by atoms with van der Waals surface area (Å²) in [5, 5.41) is 4.34. The molecule has 0 amide bonds. The van der Waals surface area contributed by atoms with Crippen LogP contribution < -0.4 is 10.2 Å². The van der Waals surface area contributed by atoms with Gasteiger partial charge in [0, 0.05) is 35.9 Å². The van der Waals surface area contributed by atoms with E-state index in [9.17, 15) is 0 Å². The van der Waals surface area contributed by atoms with Gasteiger partial charge in [0.25, 0.3) is 0 Å². The molecule has 1 aliphatic heterocycles. The molecule has 1 saturated heterocycles. The lowest BCUT2D eigenvalue weighted by atomic mass is 10.0. The fourth-order valence-corrected chi connectivity index (χ4v) is 2.55. The number of rotatable bonds is 1. The van der Waals surface area contributed by atoms with Gasteiger partial charge in [0.05, 0.1) is 0 Å². The van der Waals surface area contributed by atoms with Crippen molar-refractivity contribution >= 4 is 17.3 Å². The topological polar surface area (TPSA) is 15.3 Å². The number of nitrogens with one attached hydrogen (secondary N) is 1. The number of aryl methyl sites for hydroxylation is 1. The molecule has 3 heteroatoms. The van der Waals surface area contributed by atoms with Gasteiger partial charge in [-0.1, -0.05) is 11.6 Å². The van der Waals surface area contributed by atoms with Crippen LogP contribution in [0.1, 0.15) is 19.4 Å². The minimum absolute atomic E-state index is 0.185. The van der Waals surface area contributed by atoms with E-state index >= 15 is 0 Å². The standard InChI is InChI=1S/C13H19ClN2/c1-10-8-11(14)4-5-12(10)16-7-6-15-13(2,3)9-16/h4-5,8,15H,6-7,9H2,1-3H3. The van der Waals surface area contributed by atoms with E-state index in [1.165, 1.54) is 11.3 Å². The van der Waals surface area contributed by atoms with Crippen LogP contribution in [0.5, 0.6) is 0 Å². The van der Waals surface area contributed by atoms with Crippen LogP contribution in [0.25, 0.3) is 0 Å². The lowest BCUT2D eigenvalue weighted by Gasteiger charge is -2.41. The molecule has 2 rings (SSSR count). The van der Waals surface area contributed by atoms with Gasteiger partial charge >= 0.3 is 0 Å². The predicted octanol–water partition coefficient (Wildman–Crippen LogP) is 2.84. The maximum atomic E-state index is 5.98. The van der Waals surface area contributed by atoms with Crippen LogP contribution in [0.4, 0.5) is 5.69 Å². The van der Waals surface area contributed by atoms with Crippen molar-refractivity contribution in [1.29, 1.82) is 0 Å². The van der Waals surface area contributed by atoms with Gasteiger partial charge < -0.3 is 10.2 Å². The van der Waals surface area contributed by atoms with Crippen LogP contribution in [-0.2, 0) is 0 Å². The van der Waals surface area contributed by atoms with E-state index in [-0.39, 0.29) is 5.54 Å². The third-order valence-corrected chi connectivity index (χ3v) is 3.31. The van der Waals surface area contributed by atoms with Crippen molar-refractivity contribution in [2.45, 2.75) is 26.3 Å². The first-order valence-electron chi connectivity index (χ1n) is 5.74. The second-order valence-electron chi connectivity index (χ2n) is 5.16. The van der Waals surface area contributed by atoms with Gasteiger partial charge in [-0.25, -0.2) is 0 Å². The van der Waals surface area contributed by atoms with E-state index in [0.717, 1.165) is 24.7 Å². The highest BCUT2D eigenvalue weighted by molar-refractivity contribution is 6.30. The minimum Gasteiger partial charge on any atom is -0.368 e. The molecule has 0 atom stereocenters. The monoisotopic (exact) mass is 238 g/mol. The summed E-state index contributed by atoms with van der Waals surface area (Å²) in [6.07, 6.45) is 0. The second kappa shape index (κ2) is 4.27. The molecule has 1 heterocycles. The van der Waals surface area contributed by atoms with Gasteiger partial charge in [0.2, 0.25) is 0 Å². The van der Waals surface area contributed by atoms with Gasteiger partial charge in [-0.15, -0.1) is 0 Å². The van der Waals surface area contributed by atoms with E-state index in [4.69, 9.17) is 11.6 Å². The average molecular weight is 239 g/mol. The SMILES string of the molecule is Cc1cc(Cl)ccc1N1CCNC(C)(C)C1. The van der Waals surface area contributed by atoms with Gasteiger partial charge in [0.1, 0.15) is 0 Å². The molecule has 0 aliphatic carbocycles. The maximum Gasteiger partial charge on any atom is 0.0410 e. The number of benzene rings is 1. The van der Waals surface area contributed by atoms with Gasteiger partial charge in [-0.05, 0) is 44.5 Å². The smallest absolute Gasteiger partial charge is 0.0410 e. The highest BCUT2D eigenvalue weighted by Crippen LogP contribution is 2.26. The first-order chi connectivity index (χ1) is 7.48. The Morgan fingerprint density at radius 3 is 2.75 bits per heavy atom. The lowest BCUT2D eigenvalue weighted by molar-refractivity contribution is 0.353. The number of halogens is 1. The van der Waals surface area contributed by atoms with E-state index in [2.05, 4.69) is 37.1 Å². The number of piperazine rings is 1. The number of hydrogen-bond acceptors (Lipinski definition) is 2. The number of nitrogens with zero attached hydrogens (tertiary/aromatic N) is 1. The normalized spacial score (nSPS) is 19.9. The maximum absolute atomic E-state index is 5.98. The summed E-state index contributed by atoms with van der Waals surface area (Å²) in [7, 11) is 0. The third kappa shape index (κ3) is 2.50. The van der Waals surface area contributed by atoms with Crippen molar-refractivity contribution in [2.24, 2.45) is 0 Å². The zero-order valence-electron chi connectivity index (χ0n) is 10.2. The molecule has 1 aromatic carbocycles. The molecule has 16 heavy (non-hydrogen) atoms.